The molecule has 2 bridgehead atoms. The SMILES string of the molecule is CCCCc1ccc(-c2ccc(C(=O)N3C[C@@H](N)C[C@H]3C(=O)N[C@H](C(=O)N[C@@H](C)C(=O)N[C@@H](CC(N)=O)C(=O)N[C@@H](C)B3O[C@@H]4C[C@@H]5C[C@@H](C5(C)C)[C@]4(C)O3)C(C)O)cc2)cc1. The van der Waals surface area contributed by atoms with Crippen LogP contribution in [0.2, 0.25) is 0 Å². The molecule has 11 atom stereocenters. The standard InChI is InChI=1S/C45H64BN7O9/c1-8-9-10-27-11-13-28(14-12-27)29-15-17-30(18-16-29)43(60)53-23-32(47)21-34(53)41(58)52-38(25(3)54)42(59)49-24(2)39(56)51-33(22-37(48)55)40(57)50-26(4)46-61-36-20-31-19-35(44(31,5)6)45(36,7)62-46/h11-18,24-26,31-36,38,54H,8-10,19-23,47H2,1-7H3,(H2,48,55)(H,49,59)(H,50,57)(H,51,56)(H,52,58)/t24-,25?,26-,31-,32-,33-,34-,35-,36+,38-,45-/m0/s1. The number of benzene rings is 2. The fourth-order valence-electron chi connectivity index (χ4n) is 9.79. The molecule has 6 amide bonds. The summed E-state index contributed by atoms with van der Waals surface area (Å²) in [5, 5.41) is 20.9. The Labute approximate surface area is 364 Å². The summed E-state index contributed by atoms with van der Waals surface area (Å²) in [6, 6.07) is 9.65. The van der Waals surface area contributed by atoms with E-state index < -0.39 is 96.8 Å². The molecule has 62 heavy (non-hydrogen) atoms. The van der Waals surface area contributed by atoms with Crippen LogP contribution < -0.4 is 32.7 Å². The first-order valence-corrected chi connectivity index (χ1v) is 22.0. The fraction of sp³-hybridized carbons (Fsp3) is 0.600. The lowest BCUT2D eigenvalue weighted by Gasteiger charge is -2.64. The third-order valence-electron chi connectivity index (χ3n) is 13.7. The van der Waals surface area contributed by atoms with Crippen LogP contribution in [0.25, 0.3) is 11.1 Å². The monoisotopic (exact) mass is 857 g/mol. The molecule has 5 fully saturated rings. The fourth-order valence-corrected chi connectivity index (χ4v) is 9.79. The Hall–Kier alpha value is -4.84. The Morgan fingerprint density at radius 1 is 0.871 bits per heavy atom. The van der Waals surface area contributed by atoms with Gasteiger partial charge in [0.05, 0.1) is 30.2 Å². The van der Waals surface area contributed by atoms with Crippen molar-refractivity contribution in [3.05, 3.63) is 59.7 Å². The van der Waals surface area contributed by atoms with E-state index in [9.17, 15) is 33.9 Å². The van der Waals surface area contributed by atoms with Gasteiger partial charge >= 0.3 is 7.12 Å². The molecule has 0 radical (unpaired) electrons. The average Bonchev–Trinajstić information content (AvgIpc) is 3.81. The highest BCUT2D eigenvalue weighted by Crippen LogP contribution is 2.65. The molecular formula is C45H64BN7O9. The Kier molecular flexibility index (Phi) is 14.2. The van der Waals surface area contributed by atoms with Gasteiger partial charge in [0.2, 0.25) is 29.5 Å². The highest BCUT2D eigenvalue weighted by atomic mass is 16.7. The number of hydrogen-bond donors (Lipinski definition) is 7. The number of aliphatic hydroxyl groups excluding tert-OH is 1. The van der Waals surface area contributed by atoms with Gasteiger partial charge in [-0.05, 0) is 106 Å². The van der Waals surface area contributed by atoms with Gasteiger partial charge in [-0.25, -0.2) is 0 Å². The van der Waals surface area contributed by atoms with Crippen molar-refractivity contribution in [1.29, 1.82) is 0 Å². The summed E-state index contributed by atoms with van der Waals surface area (Å²) in [6.07, 6.45) is 3.24. The maximum atomic E-state index is 13.8. The third kappa shape index (κ3) is 9.85. The summed E-state index contributed by atoms with van der Waals surface area (Å²) >= 11 is 0. The summed E-state index contributed by atoms with van der Waals surface area (Å²) in [4.78, 5) is 81.2. The smallest absolute Gasteiger partial charge is 0.404 e. The average molecular weight is 858 g/mol. The van der Waals surface area contributed by atoms with Gasteiger partial charge in [-0.2, -0.15) is 0 Å². The van der Waals surface area contributed by atoms with E-state index in [1.165, 1.54) is 24.3 Å². The highest BCUT2D eigenvalue weighted by Gasteiger charge is 2.68. The minimum absolute atomic E-state index is 0.0965. The molecule has 7 rings (SSSR count). The zero-order valence-corrected chi connectivity index (χ0v) is 36.9. The number of nitrogens with one attached hydrogen (secondary N) is 4. The molecule has 2 aromatic carbocycles. The molecule has 2 saturated heterocycles. The molecule has 2 aromatic rings. The van der Waals surface area contributed by atoms with Crippen molar-refractivity contribution < 1.29 is 43.2 Å². The number of amides is 6. The van der Waals surface area contributed by atoms with Crippen molar-refractivity contribution >= 4 is 42.6 Å². The summed E-state index contributed by atoms with van der Waals surface area (Å²) in [5.74, 6) is -4.20. The molecule has 9 N–H and O–H groups in total. The maximum absolute atomic E-state index is 13.8. The van der Waals surface area contributed by atoms with Crippen LogP contribution in [0, 0.1) is 17.3 Å². The molecule has 0 aromatic heterocycles. The van der Waals surface area contributed by atoms with Crippen LogP contribution in [0.3, 0.4) is 0 Å². The Morgan fingerprint density at radius 2 is 1.52 bits per heavy atom. The first-order chi connectivity index (χ1) is 29.2. The van der Waals surface area contributed by atoms with E-state index >= 15 is 0 Å². The number of nitrogens with zero attached hydrogens (tertiary/aromatic N) is 1. The summed E-state index contributed by atoms with van der Waals surface area (Å²) in [5.41, 5.74) is 14.9. The minimum atomic E-state index is -1.53. The maximum Gasteiger partial charge on any atom is 0.481 e. The number of hydrogen-bond acceptors (Lipinski definition) is 10. The zero-order valence-electron chi connectivity index (χ0n) is 36.9. The molecule has 5 aliphatic rings. The van der Waals surface area contributed by atoms with Crippen molar-refractivity contribution in [2.75, 3.05) is 6.54 Å². The van der Waals surface area contributed by atoms with Gasteiger partial charge in [-0.3, -0.25) is 28.8 Å². The predicted octanol–water partition coefficient (Wildman–Crippen LogP) is 1.74. The van der Waals surface area contributed by atoms with E-state index in [2.05, 4.69) is 73.2 Å². The molecule has 336 valence electrons. The molecule has 3 saturated carbocycles. The van der Waals surface area contributed by atoms with Crippen LogP contribution in [0.5, 0.6) is 0 Å². The van der Waals surface area contributed by atoms with Gasteiger partial charge in [0.15, 0.2) is 0 Å². The lowest BCUT2D eigenvalue weighted by atomic mass is 9.43. The second kappa shape index (κ2) is 18.9. The van der Waals surface area contributed by atoms with Gasteiger partial charge in [0.25, 0.3) is 5.91 Å². The van der Waals surface area contributed by atoms with Crippen molar-refractivity contribution in [2.45, 2.75) is 147 Å². The van der Waals surface area contributed by atoms with E-state index in [4.69, 9.17) is 20.8 Å². The Balaban J connectivity index is 1.03. The van der Waals surface area contributed by atoms with Crippen LogP contribution in [-0.2, 0) is 39.7 Å². The molecule has 3 aliphatic carbocycles. The normalized spacial score (nSPS) is 27.1. The van der Waals surface area contributed by atoms with Crippen molar-refractivity contribution in [1.82, 2.24) is 26.2 Å². The number of unbranched alkanes of at least 4 members (excludes halogenated alkanes) is 1. The van der Waals surface area contributed by atoms with E-state index in [0.29, 0.717) is 17.4 Å². The number of primary amides is 1. The summed E-state index contributed by atoms with van der Waals surface area (Å²) in [6.45, 7) is 13.2. The van der Waals surface area contributed by atoms with Crippen molar-refractivity contribution in [3.8, 4) is 11.1 Å². The number of carbonyl (C=O) groups excluding carboxylic acids is 6. The van der Waals surface area contributed by atoms with Crippen LogP contribution >= 0.6 is 0 Å². The lowest BCUT2D eigenvalue weighted by Crippen LogP contribution is -2.65. The summed E-state index contributed by atoms with van der Waals surface area (Å²) < 4.78 is 12.7. The van der Waals surface area contributed by atoms with Gasteiger partial charge in [-0.15, -0.1) is 0 Å². The van der Waals surface area contributed by atoms with Crippen LogP contribution in [-0.4, -0.2) is 113 Å². The topological polar surface area (TPSA) is 245 Å². The van der Waals surface area contributed by atoms with Crippen molar-refractivity contribution in [2.24, 2.45) is 28.7 Å². The van der Waals surface area contributed by atoms with E-state index in [-0.39, 0.29) is 24.5 Å². The Morgan fingerprint density at radius 3 is 2.11 bits per heavy atom. The number of nitrogens with two attached hydrogens (primary N) is 2. The van der Waals surface area contributed by atoms with Crippen molar-refractivity contribution in [3.63, 3.8) is 0 Å². The number of aryl methyl sites for hydroxylation is 1. The predicted molar refractivity (Wildman–Crippen MR) is 233 cm³/mol. The molecule has 2 aliphatic heterocycles. The number of rotatable bonds is 17. The highest BCUT2D eigenvalue weighted by molar-refractivity contribution is 6.47. The van der Waals surface area contributed by atoms with E-state index in [1.807, 2.05) is 12.1 Å². The molecule has 1 unspecified atom stereocenters. The number of carbonyl (C=O) groups is 6. The second-order valence-electron chi connectivity index (χ2n) is 18.7. The third-order valence-corrected chi connectivity index (χ3v) is 13.7. The number of aliphatic hydroxyl groups is 1. The van der Waals surface area contributed by atoms with E-state index in [1.54, 1.807) is 19.1 Å². The van der Waals surface area contributed by atoms with Crippen LogP contribution in [0.15, 0.2) is 48.5 Å². The first-order valence-electron chi connectivity index (χ1n) is 22.0. The second-order valence-corrected chi connectivity index (χ2v) is 18.7. The zero-order chi connectivity index (χ0) is 45.3. The largest absolute Gasteiger partial charge is 0.481 e. The first kappa shape index (κ1) is 46.7. The molecule has 16 nitrogen and oxygen atoms in total. The Bertz CT molecular complexity index is 2000. The van der Waals surface area contributed by atoms with Gasteiger partial charge < -0.3 is 52.0 Å². The molecular weight excluding hydrogens is 793 g/mol. The summed E-state index contributed by atoms with van der Waals surface area (Å²) in [7, 11) is -0.750. The van der Waals surface area contributed by atoms with Crippen LogP contribution in [0.4, 0.5) is 0 Å². The minimum Gasteiger partial charge on any atom is -0.404 e. The van der Waals surface area contributed by atoms with E-state index in [0.717, 1.165) is 43.2 Å². The molecule has 2 heterocycles. The molecule has 17 heteroatoms. The molecule has 0 spiro atoms. The van der Waals surface area contributed by atoms with Gasteiger partial charge in [0, 0.05) is 18.2 Å². The quantitative estimate of drug-likeness (QED) is 0.114. The number of likely N-dealkylation sites (tertiary alicyclic amines) is 1. The van der Waals surface area contributed by atoms with Gasteiger partial charge in [-0.1, -0.05) is 63.6 Å². The van der Waals surface area contributed by atoms with Gasteiger partial charge in [0.1, 0.15) is 24.2 Å². The lowest BCUT2D eigenvalue weighted by molar-refractivity contribution is -0.199. The van der Waals surface area contributed by atoms with Crippen LogP contribution in [0.1, 0.15) is 103 Å².